The van der Waals surface area contributed by atoms with Crippen LogP contribution in [0, 0.1) is 11.3 Å². The molecule has 1 aliphatic carbocycles. The number of rotatable bonds is 5. The average molecular weight is 322 g/mol. The second-order valence-electron chi connectivity index (χ2n) is 5.19. The largest absolute Gasteiger partial charge is 0.384 e. The van der Waals surface area contributed by atoms with Gasteiger partial charge < -0.3 is 10.2 Å². The van der Waals surface area contributed by atoms with Crippen LogP contribution in [0.25, 0.3) is 0 Å². The Bertz CT molecular complexity index is 461. The summed E-state index contributed by atoms with van der Waals surface area (Å²) in [6.07, 6.45) is 5.43. The minimum Gasteiger partial charge on any atom is -0.384 e. The second-order valence-corrected chi connectivity index (χ2v) is 6.10. The molecule has 0 unspecified atom stereocenters. The molecule has 0 aromatic heterocycles. The topological polar surface area (TPSA) is 39.1 Å². The van der Waals surface area contributed by atoms with Gasteiger partial charge in [0.05, 0.1) is 11.6 Å². The van der Waals surface area contributed by atoms with Gasteiger partial charge in [0, 0.05) is 29.3 Å². The van der Waals surface area contributed by atoms with Gasteiger partial charge in [-0.2, -0.15) is 5.26 Å². The summed E-state index contributed by atoms with van der Waals surface area (Å²) >= 11 is 3.43. The first kappa shape index (κ1) is 14.4. The highest BCUT2D eigenvalue weighted by Gasteiger charge is 2.18. The van der Waals surface area contributed by atoms with Crippen LogP contribution < -0.4 is 5.32 Å². The summed E-state index contributed by atoms with van der Waals surface area (Å²) in [6.45, 7) is 1.95. The van der Waals surface area contributed by atoms with Crippen LogP contribution in [-0.2, 0) is 0 Å². The monoisotopic (exact) mass is 321 g/mol. The van der Waals surface area contributed by atoms with Crippen molar-refractivity contribution in [2.75, 3.05) is 25.5 Å². The van der Waals surface area contributed by atoms with Crippen molar-refractivity contribution in [2.45, 2.75) is 31.7 Å². The lowest BCUT2D eigenvalue weighted by Crippen LogP contribution is -2.33. The van der Waals surface area contributed by atoms with E-state index in [1.165, 1.54) is 25.7 Å². The number of hydrogen-bond donors (Lipinski definition) is 1. The molecule has 1 aliphatic rings. The SMILES string of the molecule is CN(CCNc1cc(Br)cc(C#N)c1)C1CCCC1. The summed E-state index contributed by atoms with van der Waals surface area (Å²) in [7, 11) is 2.21. The first-order valence-corrected chi connectivity index (χ1v) is 7.63. The smallest absolute Gasteiger partial charge is 0.0992 e. The molecule has 0 heterocycles. The van der Waals surface area contributed by atoms with Gasteiger partial charge in [0.2, 0.25) is 0 Å². The zero-order chi connectivity index (χ0) is 13.7. The fraction of sp³-hybridized carbons (Fsp3) is 0.533. The Morgan fingerprint density at radius 3 is 2.79 bits per heavy atom. The highest BCUT2D eigenvalue weighted by Crippen LogP contribution is 2.22. The van der Waals surface area contributed by atoms with Crippen LogP contribution in [0.1, 0.15) is 31.2 Å². The third-order valence-corrected chi connectivity index (χ3v) is 4.23. The summed E-state index contributed by atoms with van der Waals surface area (Å²) in [6, 6.07) is 8.66. The lowest BCUT2D eigenvalue weighted by molar-refractivity contribution is 0.254. The van der Waals surface area contributed by atoms with Gasteiger partial charge in [-0.25, -0.2) is 0 Å². The van der Waals surface area contributed by atoms with Crippen LogP contribution in [0.5, 0.6) is 0 Å². The van der Waals surface area contributed by atoms with Gasteiger partial charge in [0.15, 0.2) is 0 Å². The van der Waals surface area contributed by atoms with E-state index in [1.807, 2.05) is 18.2 Å². The minimum absolute atomic E-state index is 0.682. The molecule has 0 saturated heterocycles. The van der Waals surface area contributed by atoms with Gasteiger partial charge in [-0.3, -0.25) is 0 Å². The predicted molar refractivity (Wildman–Crippen MR) is 82.2 cm³/mol. The van der Waals surface area contributed by atoms with E-state index in [0.717, 1.165) is 29.3 Å². The van der Waals surface area contributed by atoms with Crippen LogP contribution in [0.2, 0.25) is 0 Å². The Morgan fingerprint density at radius 1 is 1.37 bits per heavy atom. The average Bonchev–Trinajstić information content (AvgIpc) is 2.92. The standard InChI is InChI=1S/C15H20BrN3/c1-19(15-4-2-3-5-15)7-6-18-14-9-12(11-17)8-13(16)10-14/h8-10,15,18H,2-7H2,1H3. The third kappa shape index (κ3) is 4.22. The lowest BCUT2D eigenvalue weighted by atomic mass is 10.2. The summed E-state index contributed by atoms with van der Waals surface area (Å²) in [5.41, 5.74) is 1.69. The number of nitrogens with one attached hydrogen (secondary N) is 1. The van der Waals surface area contributed by atoms with Crippen molar-refractivity contribution < 1.29 is 0 Å². The normalized spacial score (nSPS) is 15.7. The quantitative estimate of drug-likeness (QED) is 0.900. The highest BCUT2D eigenvalue weighted by molar-refractivity contribution is 9.10. The van der Waals surface area contributed by atoms with E-state index >= 15 is 0 Å². The Labute approximate surface area is 123 Å². The van der Waals surface area contributed by atoms with Crippen molar-refractivity contribution >= 4 is 21.6 Å². The van der Waals surface area contributed by atoms with E-state index < -0.39 is 0 Å². The number of hydrogen-bond acceptors (Lipinski definition) is 3. The maximum Gasteiger partial charge on any atom is 0.0992 e. The van der Waals surface area contributed by atoms with Crippen LogP contribution in [-0.4, -0.2) is 31.1 Å². The van der Waals surface area contributed by atoms with Gasteiger partial charge in [0.25, 0.3) is 0 Å². The van der Waals surface area contributed by atoms with E-state index in [-0.39, 0.29) is 0 Å². The molecule has 3 nitrogen and oxygen atoms in total. The molecule has 0 aliphatic heterocycles. The first-order valence-electron chi connectivity index (χ1n) is 6.84. The molecule has 0 spiro atoms. The van der Waals surface area contributed by atoms with E-state index in [2.05, 4.69) is 39.3 Å². The summed E-state index contributed by atoms with van der Waals surface area (Å²) in [5.74, 6) is 0. The van der Waals surface area contributed by atoms with Crippen molar-refractivity contribution in [3.05, 3.63) is 28.2 Å². The van der Waals surface area contributed by atoms with Gasteiger partial charge in [0.1, 0.15) is 0 Å². The fourth-order valence-electron chi connectivity index (χ4n) is 2.66. The van der Waals surface area contributed by atoms with Gasteiger partial charge in [-0.05, 0) is 38.1 Å². The molecule has 0 atom stereocenters. The number of anilines is 1. The van der Waals surface area contributed by atoms with Crippen molar-refractivity contribution in [3.8, 4) is 6.07 Å². The Morgan fingerprint density at radius 2 is 2.11 bits per heavy atom. The molecular formula is C15H20BrN3. The zero-order valence-electron chi connectivity index (χ0n) is 11.3. The molecule has 1 N–H and O–H groups in total. The molecule has 0 radical (unpaired) electrons. The molecule has 0 amide bonds. The molecular weight excluding hydrogens is 302 g/mol. The number of likely N-dealkylation sites (N-methyl/N-ethyl adjacent to an activating group) is 1. The molecule has 19 heavy (non-hydrogen) atoms. The predicted octanol–water partition coefficient (Wildman–Crippen LogP) is 3.61. The third-order valence-electron chi connectivity index (χ3n) is 3.77. The number of halogens is 1. The van der Waals surface area contributed by atoms with E-state index in [1.54, 1.807) is 0 Å². The molecule has 1 fully saturated rings. The van der Waals surface area contributed by atoms with Gasteiger partial charge >= 0.3 is 0 Å². The summed E-state index contributed by atoms with van der Waals surface area (Å²) < 4.78 is 0.943. The number of nitriles is 1. The Hall–Kier alpha value is -1.05. The van der Waals surface area contributed by atoms with Gasteiger partial charge in [-0.15, -0.1) is 0 Å². The number of nitrogens with zero attached hydrogens (tertiary/aromatic N) is 2. The van der Waals surface area contributed by atoms with E-state index in [4.69, 9.17) is 5.26 Å². The minimum atomic E-state index is 0.682. The fourth-order valence-corrected chi connectivity index (χ4v) is 3.15. The van der Waals surface area contributed by atoms with Crippen LogP contribution in [0.3, 0.4) is 0 Å². The molecule has 4 heteroatoms. The van der Waals surface area contributed by atoms with Crippen molar-refractivity contribution in [1.82, 2.24) is 4.90 Å². The molecule has 1 aromatic carbocycles. The summed E-state index contributed by atoms with van der Waals surface area (Å²) in [4.78, 5) is 2.45. The molecule has 2 rings (SSSR count). The summed E-state index contributed by atoms with van der Waals surface area (Å²) in [5, 5.41) is 12.3. The van der Waals surface area contributed by atoms with Crippen LogP contribution >= 0.6 is 15.9 Å². The van der Waals surface area contributed by atoms with Crippen molar-refractivity contribution in [1.29, 1.82) is 5.26 Å². The van der Waals surface area contributed by atoms with E-state index in [9.17, 15) is 0 Å². The Balaban J connectivity index is 1.82. The maximum atomic E-state index is 8.94. The second kappa shape index (κ2) is 6.93. The molecule has 1 saturated carbocycles. The van der Waals surface area contributed by atoms with Crippen LogP contribution in [0.15, 0.2) is 22.7 Å². The first-order chi connectivity index (χ1) is 9.19. The molecule has 1 aromatic rings. The molecule has 0 bridgehead atoms. The lowest BCUT2D eigenvalue weighted by Gasteiger charge is -2.24. The van der Waals surface area contributed by atoms with Crippen LogP contribution in [0.4, 0.5) is 5.69 Å². The molecule has 102 valence electrons. The van der Waals surface area contributed by atoms with E-state index in [0.29, 0.717) is 5.56 Å². The maximum absolute atomic E-state index is 8.94. The van der Waals surface area contributed by atoms with Gasteiger partial charge in [-0.1, -0.05) is 28.8 Å². The number of benzene rings is 1. The highest BCUT2D eigenvalue weighted by atomic mass is 79.9. The zero-order valence-corrected chi connectivity index (χ0v) is 12.9. The van der Waals surface area contributed by atoms with Crippen molar-refractivity contribution in [3.63, 3.8) is 0 Å². The Kier molecular flexibility index (Phi) is 5.24. The van der Waals surface area contributed by atoms with Crippen molar-refractivity contribution in [2.24, 2.45) is 0 Å².